The second-order valence-corrected chi connectivity index (χ2v) is 6.18. The van der Waals surface area contributed by atoms with Crippen molar-refractivity contribution in [3.63, 3.8) is 0 Å². The van der Waals surface area contributed by atoms with Gasteiger partial charge in [0.1, 0.15) is 5.01 Å². The second-order valence-electron chi connectivity index (χ2n) is 3.96. The molecule has 0 saturated carbocycles. The third-order valence-corrected chi connectivity index (χ3v) is 4.90. The van der Waals surface area contributed by atoms with Crippen molar-refractivity contribution in [3.8, 4) is 0 Å². The van der Waals surface area contributed by atoms with Gasteiger partial charge in [0.15, 0.2) is 0 Å². The first-order chi connectivity index (χ1) is 8.83. The Labute approximate surface area is 117 Å². The van der Waals surface area contributed by atoms with Gasteiger partial charge in [-0.1, -0.05) is 25.1 Å². The van der Waals surface area contributed by atoms with Crippen LogP contribution in [0, 0.1) is 0 Å². The first kappa shape index (κ1) is 13.6. The highest BCUT2D eigenvalue weighted by molar-refractivity contribution is 7.98. The molecule has 0 fully saturated rings. The minimum Gasteiger partial charge on any atom is -0.315 e. The number of aromatic nitrogens is 1. The van der Waals surface area contributed by atoms with Gasteiger partial charge in [-0.2, -0.15) is 0 Å². The summed E-state index contributed by atoms with van der Waals surface area (Å²) >= 11 is 3.69. The molecule has 0 amide bonds. The highest BCUT2D eigenvalue weighted by Crippen LogP contribution is 2.27. The van der Waals surface area contributed by atoms with Gasteiger partial charge < -0.3 is 5.32 Å². The van der Waals surface area contributed by atoms with E-state index in [-0.39, 0.29) is 0 Å². The lowest BCUT2D eigenvalue weighted by molar-refractivity contribution is 0.814. The van der Waals surface area contributed by atoms with Gasteiger partial charge in [-0.3, -0.25) is 0 Å². The summed E-state index contributed by atoms with van der Waals surface area (Å²) in [4.78, 5) is 7.40. The van der Waals surface area contributed by atoms with Gasteiger partial charge in [0.2, 0.25) is 0 Å². The standard InChI is InChI=1S/C14H18N2S2/c1-3-12-13(9-15-2)18-14(16-12)10-17-11-7-5-4-6-8-11/h4-8,15H,3,9-10H2,1-2H3. The Bertz CT molecular complexity index is 480. The van der Waals surface area contributed by atoms with Crippen LogP contribution in [0.25, 0.3) is 0 Å². The number of hydrogen-bond donors (Lipinski definition) is 1. The molecule has 96 valence electrons. The van der Waals surface area contributed by atoms with Crippen LogP contribution in [0.1, 0.15) is 22.5 Å². The molecular weight excluding hydrogens is 260 g/mol. The summed E-state index contributed by atoms with van der Waals surface area (Å²) in [7, 11) is 1.98. The van der Waals surface area contributed by atoms with E-state index >= 15 is 0 Å². The summed E-state index contributed by atoms with van der Waals surface area (Å²) in [6.45, 7) is 3.10. The maximum Gasteiger partial charge on any atom is 0.103 e. The van der Waals surface area contributed by atoms with E-state index in [4.69, 9.17) is 4.98 Å². The molecule has 2 aromatic rings. The van der Waals surface area contributed by atoms with E-state index in [1.807, 2.05) is 36.2 Å². The highest BCUT2D eigenvalue weighted by Gasteiger charge is 2.09. The Balaban J connectivity index is 2.01. The summed E-state index contributed by atoms with van der Waals surface area (Å²) in [5, 5.41) is 4.44. The molecule has 18 heavy (non-hydrogen) atoms. The second kappa shape index (κ2) is 6.92. The van der Waals surface area contributed by atoms with E-state index in [1.54, 1.807) is 0 Å². The molecule has 2 rings (SSSR count). The molecule has 1 N–H and O–H groups in total. The summed E-state index contributed by atoms with van der Waals surface area (Å²) in [5.74, 6) is 0.964. The zero-order chi connectivity index (χ0) is 12.8. The number of benzene rings is 1. The minimum absolute atomic E-state index is 0.927. The maximum absolute atomic E-state index is 4.72. The molecule has 0 unspecified atom stereocenters. The van der Waals surface area contributed by atoms with E-state index in [1.165, 1.54) is 20.5 Å². The highest BCUT2D eigenvalue weighted by atomic mass is 32.2. The van der Waals surface area contributed by atoms with Gasteiger partial charge in [-0.15, -0.1) is 23.1 Å². The van der Waals surface area contributed by atoms with Crippen molar-refractivity contribution in [2.45, 2.75) is 30.5 Å². The Morgan fingerprint density at radius 2 is 2.06 bits per heavy atom. The number of nitrogens with one attached hydrogen (secondary N) is 1. The van der Waals surface area contributed by atoms with Gasteiger partial charge >= 0.3 is 0 Å². The van der Waals surface area contributed by atoms with E-state index in [0.717, 1.165) is 18.7 Å². The monoisotopic (exact) mass is 278 g/mol. The van der Waals surface area contributed by atoms with Gasteiger partial charge in [0, 0.05) is 16.3 Å². The van der Waals surface area contributed by atoms with Crippen LogP contribution >= 0.6 is 23.1 Å². The van der Waals surface area contributed by atoms with E-state index in [2.05, 4.69) is 36.5 Å². The number of thioether (sulfide) groups is 1. The van der Waals surface area contributed by atoms with Gasteiger partial charge in [-0.05, 0) is 25.6 Å². The number of aryl methyl sites for hydroxylation is 1. The van der Waals surface area contributed by atoms with Crippen LogP contribution in [0.2, 0.25) is 0 Å². The topological polar surface area (TPSA) is 24.9 Å². The normalized spacial score (nSPS) is 10.8. The first-order valence-corrected chi connectivity index (χ1v) is 7.93. The van der Waals surface area contributed by atoms with Crippen molar-refractivity contribution in [3.05, 3.63) is 45.9 Å². The van der Waals surface area contributed by atoms with Crippen molar-refractivity contribution in [1.82, 2.24) is 10.3 Å². The zero-order valence-electron chi connectivity index (χ0n) is 10.8. The number of hydrogen-bond acceptors (Lipinski definition) is 4. The fourth-order valence-electron chi connectivity index (χ4n) is 1.74. The number of rotatable bonds is 6. The molecule has 0 bridgehead atoms. The van der Waals surface area contributed by atoms with Crippen LogP contribution < -0.4 is 5.32 Å². The predicted molar refractivity (Wildman–Crippen MR) is 80.3 cm³/mol. The van der Waals surface area contributed by atoms with Crippen LogP contribution in [0.5, 0.6) is 0 Å². The number of nitrogens with zero attached hydrogens (tertiary/aromatic N) is 1. The summed E-state index contributed by atoms with van der Waals surface area (Å²) in [6, 6.07) is 10.5. The van der Waals surface area contributed by atoms with Crippen molar-refractivity contribution in [1.29, 1.82) is 0 Å². The van der Waals surface area contributed by atoms with E-state index in [0.29, 0.717) is 0 Å². The molecule has 0 radical (unpaired) electrons. The van der Waals surface area contributed by atoms with Crippen LogP contribution in [-0.4, -0.2) is 12.0 Å². The smallest absolute Gasteiger partial charge is 0.103 e. The van der Waals surface area contributed by atoms with Crippen molar-refractivity contribution >= 4 is 23.1 Å². The van der Waals surface area contributed by atoms with Gasteiger partial charge in [0.25, 0.3) is 0 Å². The zero-order valence-corrected chi connectivity index (χ0v) is 12.4. The lowest BCUT2D eigenvalue weighted by Crippen LogP contribution is -2.05. The average Bonchev–Trinajstić information content (AvgIpc) is 2.80. The van der Waals surface area contributed by atoms with E-state index in [9.17, 15) is 0 Å². The molecule has 1 aromatic heterocycles. The third kappa shape index (κ3) is 3.57. The van der Waals surface area contributed by atoms with Crippen LogP contribution in [0.3, 0.4) is 0 Å². The molecular formula is C14H18N2S2. The molecule has 4 heteroatoms. The Morgan fingerprint density at radius 3 is 2.72 bits per heavy atom. The van der Waals surface area contributed by atoms with Gasteiger partial charge in [-0.25, -0.2) is 4.98 Å². The summed E-state index contributed by atoms with van der Waals surface area (Å²) < 4.78 is 0. The van der Waals surface area contributed by atoms with Crippen molar-refractivity contribution in [2.75, 3.05) is 7.05 Å². The fraction of sp³-hybridized carbons (Fsp3) is 0.357. The molecule has 1 heterocycles. The Kier molecular flexibility index (Phi) is 5.23. The summed E-state index contributed by atoms with van der Waals surface area (Å²) in [6.07, 6.45) is 1.02. The lowest BCUT2D eigenvalue weighted by atomic mass is 10.3. The minimum atomic E-state index is 0.927. The lowest BCUT2D eigenvalue weighted by Gasteiger charge is -1.97. The first-order valence-electron chi connectivity index (χ1n) is 6.13. The SMILES string of the molecule is CCc1nc(CSc2ccccc2)sc1CNC. The molecule has 0 aliphatic carbocycles. The van der Waals surface area contributed by atoms with Crippen LogP contribution in [-0.2, 0) is 18.7 Å². The molecule has 1 aromatic carbocycles. The molecule has 0 atom stereocenters. The molecule has 0 spiro atoms. The molecule has 0 aliphatic heterocycles. The Hall–Kier alpha value is -0.840. The largest absolute Gasteiger partial charge is 0.315 e. The predicted octanol–water partition coefficient (Wildman–Crippen LogP) is 3.72. The van der Waals surface area contributed by atoms with E-state index < -0.39 is 0 Å². The fourth-order valence-corrected chi connectivity index (χ4v) is 3.82. The molecule has 0 saturated heterocycles. The molecule has 0 aliphatic rings. The molecule has 2 nitrogen and oxygen atoms in total. The van der Waals surface area contributed by atoms with Crippen molar-refractivity contribution in [2.24, 2.45) is 0 Å². The number of thiazole rings is 1. The van der Waals surface area contributed by atoms with Crippen LogP contribution in [0.4, 0.5) is 0 Å². The average molecular weight is 278 g/mol. The van der Waals surface area contributed by atoms with Crippen LogP contribution in [0.15, 0.2) is 35.2 Å². The van der Waals surface area contributed by atoms with Crippen molar-refractivity contribution < 1.29 is 0 Å². The Morgan fingerprint density at radius 1 is 1.28 bits per heavy atom. The third-order valence-electron chi connectivity index (χ3n) is 2.60. The maximum atomic E-state index is 4.72. The quantitative estimate of drug-likeness (QED) is 0.815. The van der Waals surface area contributed by atoms with Gasteiger partial charge in [0.05, 0.1) is 11.4 Å². The summed E-state index contributed by atoms with van der Waals surface area (Å²) in [5.41, 5.74) is 1.25.